The summed E-state index contributed by atoms with van der Waals surface area (Å²) in [4.78, 5) is 29.2. The first-order chi connectivity index (χ1) is 11.6. The predicted octanol–water partition coefficient (Wildman–Crippen LogP) is -1.28. The Morgan fingerprint density at radius 3 is 2.52 bits per heavy atom. The van der Waals surface area contributed by atoms with Gasteiger partial charge in [0, 0.05) is 12.3 Å². The Morgan fingerprint density at radius 2 is 1.96 bits per heavy atom. The van der Waals surface area contributed by atoms with Gasteiger partial charge in [-0.1, -0.05) is 0 Å². The fourth-order valence-corrected chi connectivity index (χ4v) is 2.56. The lowest BCUT2D eigenvalue weighted by atomic mass is 10.1. The number of aliphatic hydroxyl groups excluding tert-OH is 3. The molecule has 0 bridgehead atoms. The Kier molecular flexibility index (Phi) is 4.15. The van der Waals surface area contributed by atoms with Crippen molar-refractivity contribution in [1.82, 2.24) is 14.5 Å². The van der Waals surface area contributed by atoms with Gasteiger partial charge in [-0.25, -0.2) is 4.79 Å². The minimum absolute atomic E-state index is 0.316. The number of aliphatic hydroxyl groups is 3. The van der Waals surface area contributed by atoms with Gasteiger partial charge in [0.15, 0.2) is 11.7 Å². The van der Waals surface area contributed by atoms with E-state index >= 15 is 0 Å². The Hall–Kier alpha value is -2.28. The minimum Gasteiger partial charge on any atom is -0.394 e. The smallest absolute Gasteiger partial charge is 0.394 e. The molecule has 1 fully saturated rings. The molecule has 2 aromatic rings. The van der Waals surface area contributed by atoms with Gasteiger partial charge in [-0.15, -0.1) is 0 Å². The average Bonchev–Trinajstić information content (AvgIpc) is 2.81. The van der Waals surface area contributed by atoms with E-state index in [0.717, 1.165) is 6.20 Å². The van der Waals surface area contributed by atoms with E-state index in [1.54, 1.807) is 0 Å². The van der Waals surface area contributed by atoms with Crippen molar-refractivity contribution in [2.75, 3.05) is 6.61 Å². The monoisotopic (exact) mass is 363 g/mol. The van der Waals surface area contributed by atoms with Crippen molar-refractivity contribution >= 4 is 11.0 Å². The lowest BCUT2D eigenvalue weighted by Gasteiger charge is -2.17. The van der Waals surface area contributed by atoms with E-state index in [-0.39, 0.29) is 5.39 Å². The van der Waals surface area contributed by atoms with E-state index in [4.69, 9.17) is 9.84 Å². The lowest BCUT2D eigenvalue weighted by Crippen LogP contribution is -2.36. The van der Waals surface area contributed by atoms with Crippen molar-refractivity contribution in [1.29, 1.82) is 0 Å². The van der Waals surface area contributed by atoms with Crippen molar-refractivity contribution in [3.63, 3.8) is 0 Å². The van der Waals surface area contributed by atoms with Crippen LogP contribution in [0.3, 0.4) is 0 Å². The van der Waals surface area contributed by atoms with Crippen LogP contribution >= 0.6 is 0 Å². The zero-order chi connectivity index (χ0) is 18.5. The highest BCUT2D eigenvalue weighted by Crippen LogP contribution is 2.29. The summed E-state index contributed by atoms with van der Waals surface area (Å²) in [7, 11) is 0. The molecule has 3 rings (SSSR count). The molecule has 1 saturated heterocycles. The van der Waals surface area contributed by atoms with Gasteiger partial charge in [0.05, 0.1) is 12.0 Å². The predicted molar refractivity (Wildman–Crippen MR) is 74.6 cm³/mol. The number of nitrogens with zero attached hydrogens (tertiary/aromatic N) is 2. The molecule has 3 heterocycles. The van der Waals surface area contributed by atoms with Crippen molar-refractivity contribution in [2.45, 2.75) is 30.7 Å². The highest BCUT2D eigenvalue weighted by atomic mass is 19.4. The Bertz CT molecular complexity index is 924. The molecule has 12 heteroatoms. The third-order valence-electron chi connectivity index (χ3n) is 3.84. The standard InChI is InChI=1S/C13H12F3N3O6/c14-13(15,16)7-1-5(21)4-2-19(12(24)18-10(4)17-7)11-9(23)8(22)6(3-20)25-11/h1-2,6,8-9,11,20,22-23H,3H2,(H,17,18,24)/t6-,8?,9?,11-/m1/s1. The van der Waals surface area contributed by atoms with E-state index in [9.17, 15) is 33.0 Å². The average molecular weight is 363 g/mol. The second-order valence-electron chi connectivity index (χ2n) is 5.47. The summed E-state index contributed by atoms with van der Waals surface area (Å²) < 4.78 is 44.0. The molecule has 25 heavy (non-hydrogen) atoms. The summed E-state index contributed by atoms with van der Waals surface area (Å²) >= 11 is 0. The molecule has 136 valence electrons. The summed E-state index contributed by atoms with van der Waals surface area (Å²) in [5.41, 5.74) is -4.10. The quantitative estimate of drug-likeness (QED) is 0.521. The highest BCUT2D eigenvalue weighted by molar-refractivity contribution is 5.73. The number of pyridine rings is 1. The summed E-state index contributed by atoms with van der Waals surface area (Å²) in [6.07, 6.45) is -9.69. The molecule has 0 radical (unpaired) electrons. The Balaban J connectivity index is 2.14. The van der Waals surface area contributed by atoms with Gasteiger partial charge in [0.25, 0.3) is 0 Å². The molecule has 0 spiro atoms. The Labute approximate surface area is 135 Å². The van der Waals surface area contributed by atoms with Crippen molar-refractivity contribution in [2.24, 2.45) is 0 Å². The number of ether oxygens (including phenoxy) is 1. The lowest BCUT2D eigenvalue weighted by molar-refractivity contribution is -0.141. The number of aromatic amines is 1. The number of halogens is 3. The Morgan fingerprint density at radius 1 is 1.28 bits per heavy atom. The van der Waals surface area contributed by atoms with Crippen LogP contribution in [0.5, 0.6) is 0 Å². The molecule has 9 nitrogen and oxygen atoms in total. The summed E-state index contributed by atoms with van der Waals surface area (Å²) in [6.45, 7) is -0.639. The molecule has 1 aliphatic rings. The first-order valence-electron chi connectivity index (χ1n) is 6.99. The number of aromatic nitrogens is 3. The number of nitrogens with one attached hydrogen (secondary N) is 1. The normalized spacial score (nSPS) is 27.1. The molecule has 2 unspecified atom stereocenters. The summed E-state index contributed by atoms with van der Waals surface area (Å²) in [6, 6.07) is 0.316. The van der Waals surface area contributed by atoms with Gasteiger partial charge in [0.2, 0.25) is 0 Å². The van der Waals surface area contributed by atoms with Crippen molar-refractivity contribution < 1.29 is 33.2 Å². The van der Waals surface area contributed by atoms with Gasteiger partial charge in [-0.3, -0.25) is 9.36 Å². The third kappa shape index (κ3) is 2.93. The van der Waals surface area contributed by atoms with E-state index in [1.165, 1.54) is 0 Å². The van der Waals surface area contributed by atoms with Crippen molar-refractivity contribution in [3.05, 3.63) is 38.7 Å². The molecule has 0 amide bonds. The van der Waals surface area contributed by atoms with Crippen molar-refractivity contribution in [3.8, 4) is 0 Å². The zero-order valence-electron chi connectivity index (χ0n) is 12.3. The number of hydrogen-bond donors (Lipinski definition) is 4. The fourth-order valence-electron chi connectivity index (χ4n) is 2.56. The SMILES string of the molecule is O=c1cc(C(F)(F)F)[nH]c2nc(=O)n([C@@H]3O[C@H](CO)C(O)C3O)cc12. The van der Waals surface area contributed by atoms with E-state index in [2.05, 4.69) is 4.98 Å². The second-order valence-corrected chi connectivity index (χ2v) is 5.47. The summed E-state index contributed by atoms with van der Waals surface area (Å²) in [5, 5.41) is 28.3. The van der Waals surface area contributed by atoms with Crippen LogP contribution in [-0.2, 0) is 10.9 Å². The van der Waals surface area contributed by atoms with Crippen LogP contribution in [0.1, 0.15) is 11.9 Å². The summed E-state index contributed by atoms with van der Waals surface area (Å²) in [5.74, 6) is 0. The van der Waals surface area contributed by atoms with Gasteiger partial charge in [0.1, 0.15) is 29.7 Å². The molecule has 0 saturated carbocycles. The maximum Gasteiger partial charge on any atom is 0.431 e. The number of H-pyrrole nitrogens is 1. The largest absolute Gasteiger partial charge is 0.431 e. The molecule has 0 aromatic carbocycles. The maximum atomic E-state index is 12.7. The van der Waals surface area contributed by atoms with Crippen LogP contribution in [0.2, 0.25) is 0 Å². The molecule has 4 atom stereocenters. The fraction of sp³-hybridized carbons (Fsp3) is 0.462. The van der Waals surface area contributed by atoms with Crippen LogP contribution in [0.25, 0.3) is 11.0 Å². The molecule has 0 aliphatic carbocycles. The first kappa shape index (κ1) is 17.5. The van der Waals surface area contributed by atoms with Crippen LogP contribution in [0.15, 0.2) is 21.9 Å². The molecular weight excluding hydrogens is 351 g/mol. The third-order valence-corrected chi connectivity index (χ3v) is 3.84. The molecular formula is C13H12F3N3O6. The van der Waals surface area contributed by atoms with Crippen LogP contribution in [-0.4, -0.2) is 54.8 Å². The van der Waals surface area contributed by atoms with Gasteiger partial charge in [-0.2, -0.15) is 18.2 Å². The molecule has 4 N–H and O–H groups in total. The maximum absolute atomic E-state index is 12.7. The number of hydrogen-bond acceptors (Lipinski definition) is 7. The van der Waals surface area contributed by atoms with Gasteiger partial charge in [-0.05, 0) is 0 Å². The number of rotatable bonds is 2. The topological polar surface area (TPSA) is 138 Å². The number of fused-ring (bicyclic) bond motifs is 1. The second kappa shape index (κ2) is 5.91. The van der Waals surface area contributed by atoms with Crippen LogP contribution in [0.4, 0.5) is 13.2 Å². The van der Waals surface area contributed by atoms with E-state index < -0.39 is 59.8 Å². The zero-order valence-corrected chi connectivity index (χ0v) is 12.3. The van der Waals surface area contributed by atoms with Crippen LogP contribution in [0, 0.1) is 0 Å². The highest BCUT2D eigenvalue weighted by Gasteiger charge is 2.44. The molecule has 1 aliphatic heterocycles. The van der Waals surface area contributed by atoms with Gasteiger partial charge < -0.3 is 25.0 Å². The molecule has 2 aromatic heterocycles. The number of alkyl halides is 3. The van der Waals surface area contributed by atoms with E-state index in [1.807, 2.05) is 4.98 Å². The minimum atomic E-state index is -4.83. The van der Waals surface area contributed by atoms with Crippen LogP contribution < -0.4 is 11.1 Å². The first-order valence-corrected chi connectivity index (χ1v) is 6.99. The van der Waals surface area contributed by atoms with E-state index in [0.29, 0.717) is 10.6 Å². The van der Waals surface area contributed by atoms with Gasteiger partial charge >= 0.3 is 11.9 Å².